The van der Waals surface area contributed by atoms with Gasteiger partial charge in [-0.1, -0.05) is 121 Å². The molecule has 0 radical (unpaired) electrons. The zero-order valence-electron chi connectivity index (χ0n) is 33.1. The lowest BCUT2D eigenvalue weighted by Crippen LogP contribution is -2.64. The van der Waals surface area contributed by atoms with Gasteiger partial charge in [-0.3, -0.25) is 0 Å². The molecule has 4 aromatic carbocycles. The second kappa shape index (κ2) is 20.9. The zero-order valence-corrected chi connectivity index (χ0v) is 33.1. The topological polar surface area (TPSA) is 111 Å². The van der Waals surface area contributed by atoms with E-state index in [1.54, 1.807) is 27.7 Å². The minimum atomic E-state index is -0.973. The summed E-state index contributed by atoms with van der Waals surface area (Å²) in [7, 11) is 0. The number of carbonyl (C=O) groups is 2. The summed E-state index contributed by atoms with van der Waals surface area (Å²) < 4.78 is 45.7. The van der Waals surface area contributed by atoms with Gasteiger partial charge in [0.25, 0.3) is 0 Å². The molecule has 2 aliphatic rings. The summed E-state index contributed by atoms with van der Waals surface area (Å²) in [5, 5.41) is 3.25. The molecule has 5 atom stereocenters. The van der Waals surface area contributed by atoms with Crippen molar-refractivity contribution in [2.45, 2.75) is 84.6 Å². The Hall–Kier alpha value is -5.10. The number of allylic oxidation sites excluding steroid dienone is 2. The van der Waals surface area contributed by atoms with Crippen LogP contribution in [-0.4, -0.2) is 62.3 Å². The highest BCUT2D eigenvalue weighted by Gasteiger charge is 2.55. The highest BCUT2D eigenvalue weighted by molar-refractivity contribution is 5.98. The largest absolute Gasteiger partial charge is 0.463 e. The molecule has 300 valence electrons. The van der Waals surface area contributed by atoms with E-state index in [-0.39, 0.29) is 50.8 Å². The summed E-state index contributed by atoms with van der Waals surface area (Å²) in [4.78, 5) is 28.1. The highest BCUT2D eigenvalue weighted by atomic mass is 16.6. The second-order valence-electron chi connectivity index (χ2n) is 14.0. The van der Waals surface area contributed by atoms with Crippen LogP contribution in [0, 0.1) is 5.92 Å². The number of benzene rings is 4. The molecular formula is C47H53NO9. The van der Waals surface area contributed by atoms with Gasteiger partial charge < -0.3 is 38.5 Å². The normalized spacial score (nSPS) is 21.2. The zero-order chi connectivity index (χ0) is 40.0. The Balaban J connectivity index is 1.48. The number of carbonyl (C=O) groups excluding carboxylic acids is 2. The lowest BCUT2D eigenvalue weighted by atomic mass is 9.76. The van der Waals surface area contributed by atoms with Crippen molar-refractivity contribution in [3.63, 3.8) is 0 Å². The Morgan fingerprint density at radius 3 is 1.35 bits per heavy atom. The molecule has 1 saturated heterocycles. The van der Waals surface area contributed by atoms with E-state index < -0.39 is 48.4 Å². The van der Waals surface area contributed by atoms with Crippen LogP contribution in [0.3, 0.4) is 0 Å². The Morgan fingerprint density at radius 1 is 0.544 bits per heavy atom. The Bertz CT molecular complexity index is 1890. The predicted molar refractivity (Wildman–Crippen MR) is 215 cm³/mol. The summed E-state index contributed by atoms with van der Waals surface area (Å²) in [6.45, 7) is 8.48. The van der Waals surface area contributed by atoms with E-state index >= 15 is 0 Å². The van der Waals surface area contributed by atoms with Gasteiger partial charge >= 0.3 is 11.9 Å². The van der Waals surface area contributed by atoms with Crippen molar-refractivity contribution in [1.29, 1.82) is 0 Å². The summed E-state index contributed by atoms with van der Waals surface area (Å²) in [6, 6.07) is 39.5. The van der Waals surface area contributed by atoms with Gasteiger partial charge in [0.15, 0.2) is 0 Å². The van der Waals surface area contributed by atoms with Crippen LogP contribution < -0.4 is 5.32 Å². The quantitative estimate of drug-likeness (QED) is 0.101. The van der Waals surface area contributed by atoms with Crippen LogP contribution in [-0.2, 0) is 69.2 Å². The smallest absolute Gasteiger partial charge is 0.336 e. The predicted octanol–water partition coefficient (Wildman–Crippen LogP) is 7.62. The number of hydrogen-bond donors (Lipinski definition) is 1. The van der Waals surface area contributed by atoms with Crippen LogP contribution in [0.15, 0.2) is 144 Å². The molecule has 6 rings (SSSR count). The molecule has 0 aromatic heterocycles. The molecule has 0 bridgehead atoms. The molecule has 2 heterocycles. The summed E-state index contributed by atoms with van der Waals surface area (Å²) in [5.41, 5.74) is 5.42. The standard InChI is InChI=1S/C47H53NO9/c1-5-52-46(49)39-32(3)48-33(4)40(47(50)53-6-2)41(39)43-45(56-30-37-25-17-10-18-26-37)44(55-29-36-23-15-9-16-24-36)42(54-28-35-21-13-8-14-22-35)38(57-43)31-51-27-34-19-11-7-12-20-34/h7-26,38,41-45,48H,5-6,27-31H2,1-4H3/t38-,42+,43+,44+,45+/m1/s1. The van der Waals surface area contributed by atoms with Crippen molar-refractivity contribution in [3.05, 3.63) is 166 Å². The lowest BCUT2D eigenvalue weighted by Gasteiger charge is -2.49. The fraction of sp³-hybridized carbons (Fsp3) is 0.362. The van der Waals surface area contributed by atoms with Crippen molar-refractivity contribution in [2.24, 2.45) is 5.92 Å². The fourth-order valence-electron chi connectivity index (χ4n) is 7.43. The van der Waals surface area contributed by atoms with Crippen LogP contribution in [0.1, 0.15) is 49.9 Å². The van der Waals surface area contributed by atoms with Crippen LogP contribution >= 0.6 is 0 Å². The van der Waals surface area contributed by atoms with E-state index in [9.17, 15) is 9.59 Å². The third-order valence-electron chi connectivity index (χ3n) is 10.0. The van der Waals surface area contributed by atoms with Crippen LogP contribution in [0.5, 0.6) is 0 Å². The maximum Gasteiger partial charge on any atom is 0.336 e. The van der Waals surface area contributed by atoms with Crippen molar-refractivity contribution in [1.82, 2.24) is 5.32 Å². The Morgan fingerprint density at radius 2 is 0.930 bits per heavy atom. The third kappa shape index (κ3) is 10.9. The van der Waals surface area contributed by atoms with Crippen molar-refractivity contribution >= 4 is 11.9 Å². The van der Waals surface area contributed by atoms with E-state index in [0.717, 1.165) is 22.3 Å². The second-order valence-corrected chi connectivity index (χ2v) is 14.0. The van der Waals surface area contributed by atoms with Gasteiger partial charge in [0.05, 0.1) is 69.4 Å². The van der Waals surface area contributed by atoms with E-state index in [1.165, 1.54) is 0 Å². The maximum absolute atomic E-state index is 14.0. The lowest BCUT2D eigenvalue weighted by molar-refractivity contribution is -0.277. The van der Waals surface area contributed by atoms with Gasteiger partial charge in [-0.25, -0.2) is 9.59 Å². The van der Waals surface area contributed by atoms with Gasteiger partial charge in [-0.05, 0) is 49.9 Å². The molecule has 0 saturated carbocycles. The SMILES string of the molecule is CCOC(=O)C1=C(C)NC(C)=C(C(=O)OCC)C1[C@@H]1O[C@H](COCc2ccccc2)[C@H](OCc2ccccc2)[C@H](OCc2ccccc2)[C@H]1OCc1ccccc1. The molecule has 0 spiro atoms. The van der Waals surface area contributed by atoms with Crippen molar-refractivity contribution in [2.75, 3.05) is 19.8 Å². The van der Waals surface area contributed by atoms with Gasteiger partial charge in [-0.2, -0.15) is 0 Å². The number of esters is 2. The first-order valence-electron chi connectivity index (χ1n) is 19.6. The number of ether oxygens (including phenoxy) is 7. The molecule has 1 fully saturated rings. The molecule has 2 aliphatic heterocycles. The van der Waals surface area contributed by atoms with Gasteiger partial charge in [0.1, 0.15) is 24.4 Å². The molecule has 1 N–H and O–H groups in total. The van der Waals surface area contributed by atoms with Crippen molar-refractivity contribution < 1.29 is 42.7 Å². The molecule has 4 aromatic rings. The average Bonchev–Trinajstić information content (AvgIpc) is 3.23. The molecule has 57 heavy (non-hydrogen) atoms. The monoisotopic (exact) mass is 775 g/mol. The molecule has 10 nitrogen and oxygen atoms in total. The van der Waals surface area contributed by atoms with E-state index in [0.29, 0.717) is 18.0 Å². The van der Waals surface area contributed by atoms with E-state index in [2.05, 4.69) is 5.32 Å². The number of hydrogen-bond acceptors (Lipinski definition) is 10. The van der Waals surface area contributed by atoms with Crippen LogP contribution in [0.4, 0.5) is 0 Å². The first-order chi connectivity index (χ1) is 27.9. The minimum Gasteiger partial charge on any atom is -0.463 e. The maximum atomic E-state index is 14.0. The fourth-order valence-corrected chi connectivity index (χ4v) is 7.43. The molecule has 0 unspecified atom stereocenters. The molecular weight excluding hydrogens is 723 g/mol. The van der Waals surface area contributed by atoms with Gasteiger partial charge in [0.2, 0.25) is 0 Å². The number of rotatable bonds is 18. The van der Waals surface area contributed by atoms with Gasteiger partial charge in [-0.15, -0.1) is 0 Å². The number of dihydropyridines is 1. The summed E-state index contributed by atoms with van der Waals surface area (Å²) >= 11 is 0. The molecule has 10 heteroatoms. The van der Waals surface area contributed by atoms with E-state index in [1.807, 2.05) is 121 Å². The van der Waals surface area contributed by atoms with Crippen LogP contribution in [0.25, 0.3) is 0 Å². The Kier molecular flexibility index (Phi) is 15.2. The molecule has 0 amide bonds. The van der Waals surface area contributed by atoms with Crippen molar-refractivity contribution in [3.8, 4) is 0 Å². The third-order valence-corrected chi connectivity index (χ3v) is 10.0. The first kappa shape index (κ1) is 41.5. The number of nitrogens with one attached hydrogen (secondary N) is 1. The average molecular weight is 776 g/mol. The first-order valence-corrected chi connectivity index (χ1v) is 19.6. The molecule has 0 aliphatic carbocycles. The van der Waals surface area contributed by atoms with Crippen LogP contribution in [0.2, 0.25) is 0 Å². The minimum absolute atomic E-state index is 0.112. The highest BCUT2D eigenvalue weighted by Crippen LogP contribution is 2.42. The summed E-state index contributed by atoms with van der Waals surface area (Å²) in [5.74, 6) is -2.12. The Labute approximate surface area is 335 Å². The summed E-state index contributed by atoms with van der Waals surface area (Å²) in [6.07, 6.45) is -4.07. The van der Waals surface area contributed by atoms with E-state index in [4.69, 9.17) is 33.2 Å². The van der Waals surface area contributed by atoms with Gasteiger partial charge in [0, 0.05) is 11.4 Å².